The molecule has 0 radical (unpaired) electrons. The summed E-state index contributed by atoms with van der Waals surface area (Å²) < 4.78 is 28.8. The molecule has 31 heavy (non-hydrogen) atoms. The van der Waals surface area contributed by atoms with Crippen molar-refractivity contribution < 1.29 is 18.0 Å². The number of carbonyl (C=O) groups is 2. The molecule has 7 nitrogen and oxygen atoms in total. The molecule has 0 saturated heterocycles. The molecule has 8 heteroatoms. The quantitative estimate of drug-likeness (QED) is 0.716. The van der Waals surface area contributed by atoms with Crippen LogP contribution in [0, 0.1) is 12.8 Å². The van der Waals surface area contributed by atoms with Gasteiger partial charge in [-0.05, 0) is 61.6 Å². The zero-order valence-corrected chi connectivity index (χ0v) is 19.3. The lowest BCUT2D eigenvalue weighted by molar-refractivity contribution is -0.118. The summed E-state index contributed by atoms with van der Waals surface area (Å²) in [5, 5.41) is 2.82. The van der Waals surface area contributed by atoms with Gasteiger partial charge in [-0.25, -0.2) is 8.42 Å². The molecule has 2 N–H and O–H groups in total. The molecule has 0 fully saturated rings. The van der Waals surface area contributed by atoms with Crippen LogP contribution in [0.5, 0.6) is 0 Å². The Bertz CT molecular complexity index is 1110. The first-order chi connectivity index (χ1) is 14.5. The van der Waals surface area contributed by atoms with Gasteiger partial charge in [-0.2, -0.15) is 4.72 Å². The minimum absolute atomic E-state index is 0.0262. The van der Waals surface area contributed by atoms with Crippen LogP contribution in [0.4, 0.5) is 11.4 Å². The first-order valence-corrected chi connectivity index (χ1v) is 11.8. The molecule has 1 aliphatic rings. The molecule has 2 amide bonds. The third kappa shape index (κ3) is 4.80. The minimum atomic E-state index is -3.94. The number of benzene rings is 2. The summed E-state index contributed by atoms with van der Waals surface area (Å²) in [4.78, 5) is 26.6. The first kappa shape index (κ1) is 23.0. The smallest absolute Gasteiger partial charge is 0.242 e. The largest absolute Gasteiger partial charge is 0.324 e. The van der Waals surface area contributed by atoms with E-state index in [-0.39, 0.29) is 22.8 Å². The van der Waals surface area contributed by atoms with Crippen molar-refractivity contribution in [1.29, 1.82) is 0 Å². The number of aryl methyl sites for hydroxylation is 1. The number of nitrogens with zero attached hydrogens (tertiary/aromatic N) is 1. The molecule has 0 spiro atoms. The second-order valence-electron chi connectivity index (χ2n) is 8.38. The predicted octanol–water partition coefficient (Wildman–Crippen LogP) is 3.23. The highest BCUT2D eigenvalue weighted by atomic mass is 32.2. The van der Waals surface area contributed by atoms with E-state index in [1.165, 1.54) is 13.0 Å². The number of hydrogen-bond acceptors (Lipinski definition) is 4. The van der Waals surface area contributed by atoms with E-state index < -0.39 is 22.0 Å². The van der Waals surface area contributed by atoms with Gasteiger partial charge in [0.25, 0.3) is 0 Å². The van der Waals surface area contributed by atoms with Gasteiger partial charge in [0.05, 0.1) is 4.90 Å². The number of para-hydroxylation sites is 1. The van der Waals surface area contributed by atoms with Crippen molar-refractivity contribution in [2.45, 2.75) is 58.0 Å². The Hall–Kier alpha value is -2.71. The van der Waals surface area contributed by atoms with Crippen LogP contribution >= 0.6 is 0 Å². The van der Waals surface area contributed by atoms with E-state index >= 15 is 0 Å². The highest BCUT2D eigenvalue weighted by molar-refractivity contribution is 7.89. The minimum Gasteiger partial charge on any atom is -0.324 e. The summed E-state index contributed by atoms with van der Waals surface area (Å²) in [6.45, 7) is 8.89. The number of anilines is 2. The molecule has 0 unspecified atom stereocenters. The van der Waals surface area contributed by atoms with Crippen LogP contribution in [-0.4, -0.2) is 32.3 Å². The zero-order valence-electron chi connectivity index (χ0n) is 18.5. The summed E-state index contributed by atoms with van der Waals surface area (Å²) in [6.07, 6.45) is 0.583. The van der Waals surface area contributed by atoms with Gasteiger partial charge in [0.15, 0.2) is 0 Å². The molecule has 0 aliphatic carbocycles. The number of amides is 2. The van der Waals surface area contributed by atoms with Gasteiger partial charge in [0, 0.05) is 24.3 Å². The van der Waals surface area contributed by atoms with E-state index in [2.05, 4.69) is 10.0 Å². The van der Waals surface area contributed by atoms with Crippen LogP contribution in [0.1, 0.15) is 38.8 Å². The second kappa shape index (κ2) is 8.80. The number of fused-ring (bicyclic) bond motifs is 1. The van der Waals surface area contributed by atoms with Gasteiger partial charge < -0.3 is 10.2 Å². The van der Waals surface area contributed by atoms with Crippen molar-refractivity contribution >= 4 is 33.2 Å². The molecular formula is C23H29N3O4S. The van der Waals surface area contributed by atoms with E-state index in [1.54, 1.807) is 36.9 Å². The normalized spacial score (nSPS) is 16.8. The molecular weight excluding hydrogens is 414 g/mol. The third-order valence-corrected chi connectivity index (χ3v) is 6.99. The highest BCUT2D eigenvalue weighted by Crippen LogP contribution is 2.34. The highest BCUT2D eigenvalue weighted by Gasteiger charge is 2.32. The van der Waals surface area contributed by atoms with Gasteiger partial charge in [-0.15, -0.1) is 0 Å². The standard InChI is InChI=1S/C23H29N3O4S/c1-14(2)22(23(28)24-20-9-7-6-8-15(20)3)25-31(29,30)19-10-11-21-18(13-19)12-16(4)26(21)17(5)27/h6-11,13-14,16,22,25H,12H2,1-5H3,(H,24,28)/t16-,22+/m1/s1. The van der Waals surface area contributed by atoms with Gasteiger partial charge in [-0.1, -0.05) is 32.0 Å². The van der Waals surface area contributed by atoms with Gasteiger partial charge in [0.2, 0.25) is 21.8 Å². The van der Waals surface area contributed by atoms with E-state index in [4.69, 9.17) is 0 Å². The third-order valence-electron chi connectivity index (χ3n) is 5.55. The SMILES string of the molecule is CC(=O)N1c2ccc(S(=O)(=O)N[C@H](C(=O)Nc3ccccc3C)C(C)C)cc2C[C@H]1C. The molecule has 2 aromatic rings. The molecule has 2 aromatic carbocycles. The molecule has 0 aromatic heterocycles. The summed E-state index contributed by atoms with van der Waals surface area (Å²) in [5.41, 5.74) is 3.07. The average Bonchev–Trinajstić information content (AvgIpc) is 3.02. The van der Waals surface area contributed by atoms with Gasteiger partial charge in [-0.3, -0.25) is 9.59 Å². The molecule has 166 valence electrons. The summed E-state index contributed by atoms with van der Waals surface area (Å²) in [5.74, 6) is -0.750. The van der Waals surface area contributed by atoms with Crippen LogP contribution in [0.2, 0.25) is 0 Å². The fraction of sp³-hybridized carbons (Fsp3) is 0.391. The maximum Gasteiger partial charge on any atom is 0.242 e. The van der Waals surface area contributed by atoms with Crippen molar-refractivity contribution in [2.75, 3.05) is 10.2 Å². The van der Waals surface area contributed by atoms with E-state index in [9.17, 15) is 18.0 Å². The van der Waals surface area contributed by atoms with Crippen LogP contribution in [0.25, 0.3) is 0 Å². The maximum absolute atomic E-state index is 13.1. The fourth-order valence-corrected chi connectivity index (χ4v) is 5.30. The van der Waals surface area contributed by atoms with Crippen LogP contribution in [0.3, 0.4) is 0 Å². The number of rotatable bonds is 6. The van der Waals surface area contributed by atoms with E-state index in [0.29, 0.717) is 12.1 Å². The van der Waals surface area contributed by atoms with E-state index in [0.717, 1.165) is 16.8 Å². The van der Waals surface area contributed by atoms with Crippen LogP contribution < -0.4 is 14.9 Å². The summed E-state index contributed by atoms with van der Waals surface area (Å²) in [7, 11) is -3.94. The van der Waals surface area contributed by atoms with E-state index in [1.807, 2.05) is 32.0 Å². The molecule has 1 heterocycles. The van der Waals surface area contributed by atoms with Gasteiger partial charge in [0.1, 0.15) is 6.04 Å². The topological polar surface area (TPSA) is 95.6 Å². The lowest BCUT2D eigenvalue weighted by Gasteiger charge is -2.23. The Morgan fingerprint density at radius 3 is 2.42 bits per heavy atom. The average molecular weight is 444 g/mol. The second-order valence-corrected chi connectivity index (χ2v) is 10.1. The predicted molar refractivity (Wildman–Crippen MR) is 122 cm³/mol. The molecule has 2 atom stereocenters. The summed E-state index contributed by atoms with van der Waals surface area (Å²) in [6, 6.07) is 11.1. The lowest BCUT2D eigenvalue weighted by Crippen LogP contribution is -2.47. The fourth-order valence-electron chi connectivity index (χ4n) is 3.91. The Kier molecular flexibility index (Phi) is 6.52. The van der Waals surface area contributed by atoms with Crippen molar-refractivity contribution in [1.82, 2.24) is 4.72 Å². The van der Waals surface area contributed by atoms with Crippen LogP contribution in [0.15, 0.2) is 47.4 Å². The Morgan fingerprint density at radius 2 is 1.81 bits per heavy atom. The number of sulfonamides is 1. The Balaban J connectivity index is 1.84. The number of carbonyl (C=O) groups excluding carboxylic acids is 2. The van der Waals surface area contributed by atoms with Crippen molar-refractivity contribution in [3.05, 3.63) is 53.6 Å². The molecule has 3 rings (SSSR count). The lowest BCUT2D eigenvalue weighted by atomic mass is 10.0. The zero-order chi connectivity index (χ0) is 22.9. The van der Waals surface area contributed by atoms with Gasteiger partial charge >= 0.3 is 0 Å². The summed E-state index contributed by atoms with van der Waals surface area (Å²) >= 11 is 0. The number of hydrogen-bond donors (Lipinski definition) is 2. The monoisotopic (exact) mass is 443 g/mol. The molecule has 0 saturated carbocycles. The first-order valence-electron chi connectivity index (χ1n) is 10.3. The van der Waals surface area contributed by atoms with Crippen molar-refractivity contribution in [3.63, 3.8) is 0 Å². The maximum atomic E-state index is 13.1. The Labute approximate surface area is 183 Å². The Morgan fingerprint density at radius 1 is 1.13 bits per heavy atom. The number of nitrogens with one attached hydrogen (secondary N) is 2. The molecule has 0 bridgehead atoms. The molecule has 1 aliphatic heterocycles. The van der Waals surface area contributed by atoms with Crippen molar-refractivity contribution in [2.24, 2.45) is 5.92 Å². The van der Waals surface area contributed by atoms with Crippen LogP contribution in [-0.2, 0) is 26.0 Å². The van der Waals surface area contributed by atoms with Crippen molar-refractivity contribution in [3.8, 4) is 0 Å².